The van der Waals surface area contributed by atoms with Crippen LogP contribution in [0.25, 0.3) is 6.08 Å². The van der Waals surface area contributed by atoms with Gasteiger partial charge in [0.15, 0.2) is 11.7 Å². The van der Waals surface area contributed by atoms with Crippen LogP contribution in [-0.4, -0.2) is 41.7 Å². The van der Waals surface area contributed by atoms with E-state index in [1.54, 1.807) is 13.0 Å². The molecule has 0 unspecified atom stereocenters. The molecule has 0 saturated carbocycles. The van der Waals surface area contributed by atoms with E-state index in [-0.39, 0.29) is 17.6 Å². The molecule has 1 N–H and O–H groups in total. The molecular weight excluding hydrogens is 365 g/mol. The van der Waals surface area contributed by atoms with Crippen LogP contribution in [0.1, 0.15) is 40.2 Å². The molecule has 0 aromatic heterocycles. The van der Waals surface area contributed by atoms with E-state index in [1.807, 2.05) is 45.9 Å². The Labute approximate surface area is 164 Å². The number of hydrogen-bond donors (Lipinski definition) is 1. The fraction of sp³-hybridized carbons (Fsp3) is 0.474. The minimum Gasteiger partial charge on any atom is -0.482 e. The monoisotopic (exact) mass is 389 g/mol. The Hall–Kier alpha value is -1.77. The SMILES string of the molecule is CC(=O)SCC(=Cc1ccc2c(c1)OCC(=O)N2)B1OC(C)(C)C(C)(C)O1. The highest BCUT2D eigenvalue weighted by atomic mass is 32.2. The Kier molecular flexibility index (Phi) is 5.43. The third kappa shape index (κ3) is 4.39. The number of nitrogens with one attached hydrogen (secondary N) is 1. The largest absolute Gasteiger partial charge is 0.491 e. The van der Waals surface area contributed by atoms with Crippen LogP contribution in [0.15, 0.2) is 23.7 Å². The molecule has 144 valence electrons. The zero-order valence-corrected chi connectivity index (χ0v) is 17.1. The summed E-state index contributed by atoms with van der Waals surface area (Å²) >= 11 is 1.22. The number of fused-ring (bicyclic) bond motifs is 1. The predicted octanol–water partition coefficient (Wildman–Crippen LogP) is 3.31. The van der Waals surface area contributed by atoms with E-state index in [2.05, 4.69) is 5.32 Å². The first kappa shape index (κ1) is 20.0. The van der Waals surface area contributed by atoms with Gasteiger partial charge in [0.25, 0.3) is 5.91 Å². The van der Waals surface area contributed by atoms with E-state index in [9.17, 15) is 9.59 Å². The van der Waals surface area contributed by atoms with Crippen LogP contribution >= 0.6 is 11.8 Å². The highest BCUT2D eigenvalue weighted by molar-refractivity contribution is 8.13. The van der Waals surface area contributed by atoms with Gasteiger partial charge in [0, 0.05) is 12.7 Å². The summed E-state index contributed by atoms with van der Waals surface area (Å²) in [6.07, 6.45) is 1.96. The smallest absolute Gasteiger partial charge is 0.482 e. The number of thioether (sulfide) groups is 1. The normalized spacial score (nSPS) is 20.7. The van der Waals surface area contributed by atoms with Gasteiger partial charge in [0.05, 0.1) is 16.9 Å². The molecule has 2 aliphatic heterocycles. The number of rotatable bonds is 4. The maximum atomic E-state index is 11.5. The van der Waals surface area contributed by atoms with Gasteiger partial charge in [0.2, 0.25) is 0 Å². The standard InChI is InChI=1S/C19H24BNO5S/c1-12(22)27-11-14(20-25-18(2,3)19(4,5)26-20)8-13-6-7-15-16(9-13)24-10-17(23)21-15/h6-9H,10-11H2,1-5H3,(H,21,23). The minimum atomic E-state index is -0.529. The molecule has 0 spiro atoms. The van der Waals surface area contributed by atoms with Gasteiger partial charge in [-0.1, -0.05) is 23.9 Å². The summed E-state index contributed by atoms with van der Waals surface area (Å²) in [5, 5.41) is 2.81. The quantitative estimate of drug-likeness (QED) is 0.797. The van der Waals surface area contributed by atoms with E-state index < -0.39 is 18.3 Å². The van der Waals surface area contributed by atoms with Gasteiger partial charge in [-0.2, -0.15) is 0 Å². The molecule has 3 rings (SSSR count). The first-order valence-electron chi connectivity index (χ1n) is 8.83. The number of hydrogen-bond acceptors (Lipinski definition) is 6. The topological polar surface area (TPSA) is 73.9 Å². The number of ether oxygens (including phenoxy) is 1. The Morgan fingerprint density at radius 1 is 1.26 bits per heavy atom. The van der Waals surface area contributed by atoms with Crippen molar-refractivity contribution in [2.24, 2.45) is 0 Å². The molecule has 27 heavy (non-hydrogen) atoms. The van der Waals surface area contributed by atoms with Crippen molar-refractivity contribution < 1.29 is 23.6 Å². The highest BCUT2D eigenvalue weighted by Crippen LogP contribution is 2.39. The number of amides is 1. The summed E-state index contributed by atoms with van der Waals surface area (Å²) in [5.74, 6) is 0.929. The summed E-state index contributed by atoms with van der Waals surface area (Å²) < 4.78 is 17.8. The average Bonchev–Trinajstić information content (AvgIpc) is 2.79. The summed E-state index contributed by atoms with van der Waals surface area (Å²) in [5.41, 5.74) is 1.49. The van der Waals surface area contributed by atoms with Crippen LogP contribution in [-0.2, 0) is 18.9 Å². The first-order chi connectivity index (χ1) is 12.6. The van der Waals surface area contributed by atoms with E-state index in [0.29, 0.717) is 17.2 Å². The van der Waals surface area contributed by atoms with Crippen LogP contribution in [0.5, 0.6) is 5.75 Å². The lowest BCUT2D eigenvalue weighted by Gasteiger charge is -2.32. The van der Waals surface area contributed by atoms with Crippen LogP contribution in [0.2, 0.25) is 0 Å². The summed E-state index contributed by atoms with van der Waals surface area (Å²) in [6, 6.07) is 5.55. The summed E-state index contributed by atoms with van der Waals surface area (Å²) in [7, 11) is -0.529. The fourth-order valence-electron chi connectivity index (χ4n) is 2.75. The minimum absolute atomic E-state index is 0.00440. The highest BCUT2D eigenvalue weighted by Gasteiger charge is 2.52. The first-order valence-corrected chi connectivity index (χ1v) is 9.82. The average molecular weight is 389 g/mol. The Balaban J connectivity index is 1.89. The van der Waals surface area contributed by atoms with Gasteiger partial charge >= 0.3 is 7.12 Å². The summed E-state index contributed by atoms with van der Waals surface area (Å²) in [4.78, 5) is 22.9. The van der Waals surface area contributed by atoms with Crippen molar-refractivity contribution in [3.8, 4) is 5.75 Å². The molecule has 1 aromatic carbocycles. The van der Waals surface area contributed by atoms with Crippen molar-refractivity contribution in [3.05, 3.63) is 29.2 Å². The third-order valence-electron chi connectivity index (χ3n) is 4.99. The van der Waals surface area contributed by atoms with Gasteiger partial charge in [-0.05, 0) is 50.9 Å². The molecule has 0 atom stereocenters. The molecule has 2 aliphatic rings. The second-order valence-corrected chi connectivity index (χ2v) is 8.83. The second kappa shape index (κ2) is 7.33. The molecule has 0 bridgehead atoms. The lowest BCUT2D eigenvalue weighted by atomic mass is 9.78. The Morgan fingerprint density at radius 3 is 2.56 bits per heavy atom. The molecule has 1 saturated heterocycles. The van der Waals surface area contributed by atoms with Crippen LogP contribution in [0.3, 0.4) is 0 Å². The van der Waals surface area contributed by atoms with Crippen molar-refractivity contribution in [1.29, 1.82) is 0 Å². The van der Waals surface area contributed by atoms with E-state index in [0.717, 1.165) is 11.0 Å². The maximum absolute atomic E-state index is 11.5. The van der Waals surface area contributed by atoms with Gasteiger partial charge in [-0.25, -0.2) is 0 Å². The lowest BCUT2D eigenvalue weighted by Crippen LogP contribution is -2.41. The second-order valence-electron chi connectivity index (χ2n) is 7.68. The van der Waals surface area contributed by atoms with Gasteiger partial charge in [-0.15, -0.1) is 0 Å². The molecule has 0 aliphatic carbocycles. The van der Waals surface area contributed by atoms with E-state index >= 15 is 0 Å². The number of benzene rings is 1. The van der Waals surface area contributed by atoms with E-state index in [1.165, 1.54) is 11.8 Å². The maximum Gasteiger partial charge on any atom is 0.491 e. The fourth-order valence-corrected chi connectivity index (χ4v) is 3.34. The number of carbonyl (C=O) groups excluding carboxylic acids is 2. The predicted molar refractivity (Wildman–Crippen MR) is 108 cm³/mol. The molecule has 1 aromatic rings. The molecule has 0 radical (unpaired) electrons. The Bertz CT molecular complexity index is 789. The number of anilines is 1. The van der Waals surface area contributed by atoms with Gasteiger partial charge in [0.1, 0.15) is 5.75 Å². The van der Waals surface area contributed by atoms with Crippen molar-refractivity contribution in [2.45, 2.75) is 45.8 Å². The van der Waals surface area contributed by atoms with Crippen molar-refractivity contribution in [3.63, 3.8) is 0 Å². The Morgan fingerprint density at radius 2 is 1.93 bits per heavy atom. The number of carbonyl (C=O) groups is 2. The van der Waals surface area contributed by atoms with Crippen LogP contribution in [0, 0.1) is 0 Å². The van der Waals surface area contributed by atoms with Crippen LogP contribution in [0.4, 0.5) is 5.69 Å². The van der Waals surface area contributed by atoms with Crippen molar-refractivity contribution in [1.82, 2.24) is 0 Å². The lowest BCUT2D eigenvalue weighted by molar-refractivity contribution is -0.118. The molecule has 8 heteroatoms. The van der Waals surface area contributed by atoms with Crippen molar-refractivity contribution >= 4 is 41.7 Å². The zero-order chi connectivity index (χ0) is 19.8. The zero-order valence-electron chi connectivity index (χ0n) is 16.3. The molecular formula is C19H24BNO5S. The summed E-state index contributed by atoms with van der Waals surface area (Å²) in [6.45, 7) is 9.54. The van der Waals surface area contributed by atoms with Gasteiger partial charge < -0.3 is 19.4 Å². The molecule has 1 fully saturated rings. The van der Waals surface area contributed by atoms with E-state index in [4.69, 9.17) is 14.0 Å². The van der Waals surface area contributed by atoms with Crippen molar-refractivity contribution in [2.75, 3.05) is 17.7 Å². The molecule has 1 amide bonds. The van der Waals surface area contributed by atoms with Crippen LogP contribution < -0.4 is 10.1 Å². The molecule has 6 nitrogen and oxygen atoms in total. The van der Waals surface area contributed by atoms with Gasteiger partial charge in [-0.3, -0.25) is 9.59 Å². The third-order valence-corrected chi connectivity index (χ3v) is 5.87. The molecule has 2 heterocycles.